The number of amides is 2. The Kier molecular flexibility index (Phi) is 6.31. The van der Waals surface area contributed by atoms with Gasteiger partial charge in [-0.3, -0.25) is 14.9 Å². The number of hydrogen-bond acceptors (Lipinski definition) is 4. The summed E-state index contributed by atoms with van der Waals surface area (Å²) >= 11 is 0. The van der Waals surface area contributed by atoms with Gasteiger partial charge in [0.05, 0.1) is 5.92 Å². The normalized spacial score (nSPS) is 20.5. The molecule has 0 aromatic heterocycles. The number of benzene rings is 2. The average Bonchev–Trinajstić information content (AvgIpc) is 3.40. The highest BCUT2D eigenvalue weighted by molar-refractivity contribution is 5.91. The van der Waals surface area contributed by atoms with Crippen molar-refractivity contribution in [3.05, 3.63) is 71.8 Å². The van der Waals surface area contributed by atoms with Gasteiger partial charge in [-0.25, -0.2) is 4.79 Å². The molecule has 2 aromatic carbocycles. The van der Waals surface area contributed by atoms with Gasteiger partial charge in [0.2, 0.25) is 5.54 Å². The molecule has 184 valence electrons. The van der Waals surface area contributed by atoms with E-state index in [-0.39, 0.29) is 18.9 Å². The molecule has 0 heterocycles. The van der Waals surface area contributed by atoms with Gasteiger partial charge in [-0.1, -0.05) is 60.7 Å². The Morgan fingerprint density at radius 2 is 1.57 bits per heavy atom. The van der Waals surface area contributed by atoms with E-state index >= 15 is 0 Å². The van der Waals surface area contributed by atoms with E-state index in [0.29, 0.717) is 6.92 Å². The molecule has 2 aliphatic carbocycles. The number of ether oxygens (including phenoxy) is 1. The molecule has 0 saturated carbocycles. The number of rotatable bonds is 6. The van der Waals surface area contributed by atoms with Crippen LogP contribution in [0, 0.1) is 5.92 Å². The van der Waals surface area contributed by atoms with Crippen LogP contribution in [0.15, 0.2) is 60.7 Å². The van der Waals surface area contributed by atoms with Crippen LogP contribution < -0.4 is 10.6 Å². The molecule has 0 saturated heterocycles. The van der Waals surface area contributed by atoms with Gasteiger partial charge in [0.25, 0.3) is 5.91 Å². The lowest BCUT2D eigenvalue weighted by atomic mass is 9.98. The second-order valence-electron chi connectivity index (χ2n) is 8.72. The predicted molar refractivity (Wildman–Crippen MR) is 119 cm³/mol. The molecule has 3 unspecified atom stereocenters. The zero-order valence-electron chi connectivity index (χ0n) is 18.6. The maximum Gasteiger partial charge on any atom is 0.420 e. The summed E-state index contributed by atoms with van der Waals surface area (Å²) in [6.45, 7) is 0.318. The summed E-state index contributed by atoms with van der Waals surface area (Å²) in [5, 5.41) is 12.9. The molecular weight excluding hydrogens is 465 g/mol. The van der Waals surface area contributed by atoms with E-state index in [9.17, 15) is 27.6 Å². The molecule has 3 atom stereocenters. The summed E-state index contributed by atoms with van der Waals surface area (Å²) < 4.78 is 46.8. The molecule has 0 fully saturated rings. The van der Waals surface area contributed by atoms with Gasteiger partial charge >= 0.3 is 18.2 Å². The minimum Gasteiger partial charge on any atom is -0.481 e. The number of nitrogens with one attached hydrogen (secondary N) is 2. The number of carbonyl (C=O) groups excluding carboxylic acids is 2. The van der Waals surface area contributed by atoms with Crippen molar-refractivity contribution in [2.75, 3.05) is 6.61 Å². The average molecular weight is 488 g/mol. The summed E-state index contributed by atoms with van der Waals surface area (Å²) in [7, 11) is 0. The van der Waals surface area contributed by atoms with Gasteiger partial charge in [0, 0.05) is 12.0 Å². The van der Waals surface area contributed by atoms with E-state index in [2.05, 4.69) is 5.32 Å². The summed E-state index contributed by atoms with van der Waals surface area (Å²) in [6, 6.07) is 14.1. The van der Waals surface area contributed by atoms with E-state index in [1.54, 1.807) is 5.32 Å². The fourth-order valence-electron chi connectivity index (χ4n) is 4.40. The SMILES string of the molecule is CC(NC(=O)OCC1c2ccccc2-c2ccccc21)(C(=O)NC1C=CC(C(=O)O)C1)C(F)(F)F. The molecule has 0 spiro atoms. The Morgan fingerprint density at radius 1 is 1.00 bits per heavy atom. The monoisotopic (exact) mass is 488 g/mol. The van der Waals surface area contributed by atoms with Crippen LogP contribution in [-0.4, -0.2) is 47.4 Å². The number of fused-ring (bicyclic) bond motifs is 3. The minimum absolute atomic E-state index is 0.0834. The number of carboxylic acids is 1. The molecule has 4 rings (SSSR count). The third-order valence-corrected chi connectivity index (χ3v) is 6.43. The van der Waals surface area contributed by atoms with Crippen molar-refractivity contribution >= 4 is 18.0 Å². The second-order valence-corrected chi connectivity index (χ2v) is 8.72. The molecule has 35 heavy (non-hydrogen) atoms. The van der Waals surface area contributed by atoms with Crippen LogP contribution in [-0.2, 0) is 14.3 Å². The van der Waals surface area contributed by atoms with Gasteiger partial charge in [0.15, 0.2) is 0 Å². The van der Waals surface area contributed by atoms with Crippen LogP contribution in [0.4, 0.5) is 18.0 Å². The zero-order valence-corrected chi connectivity index (χ0v) is 18.6. The van der Waals surface area contributed by atoms with Gasteiger partial charge in [0.1, 0.15) is 6.61 Å². The van der Waals surface area contributed by atoms with Crippen molar-refractivity contribution in [2.45, 2.75) is 37.0 Å². The molecule has 2 aromatic rings. The molecule has 0 radical (unpaired) electrons. The summed E-state index contributed by atoms with van der Waals surface area (Å²) in [4.78, 5) is 36.1. The van der Waals surface area contributed by atoms with Gasteiger partial charge < -0.3 is 15.2 Å². The van der Waals surface area contributed by atoms with Crippen molar-refractivity contribution < 1.29 is 37.4 Å². The van der Waals surface area contributed by atoms with Crippen molar-refractivity contribution in [1.29, 1.82) is 0 Å². The fraction of sp³-hybridized carbons (Fsp3) is 0.320. The first-order valence-electron chi connectivity index (χ1n) is 10.9. The first-order valence-corrected chi connectivity index (χ1v) is 10.9. The van der Waals surface area contributed by atoms with Crippen molar-refractivity contribution in [3.63, 3.8) is 0 Å². The van der Waals surface area contributed by atoms with Crippen LogP contribution in [0.5, 0.6) is 0 Å². The minimum atomic E-state index is -5.14. The number of carbonyl (C=O) groups is 3. The second kappa shape index (κ2) is 9.09. The Bertz CT molecular complexity index is 1150. The van der Waals surface area contributed by atoms with E-state index < -0.39 is 41.6 Å². The standard InChI is InChI=1S/C25H23F3N2O5/c1-24(25(26,27)28,22(33)29-15-11-10-14(12-15)21(31)32)30-23(34)35-13-20-18-8-4-2-6-16(18)17-7-3-5-9-19(17)20/h2-11,14-15,20H,12-13H2,1H3,(H,29,33)(H,30,34)(H,31,32). The first kappa shape index (κ1) is 24.3. The van der Waals surface area contributed by atoms with Gasteiger partial charge in [-0.05, 0) is 35.6 Å². The van der Waals surface area contributed by atoms with Crippen LogP contribution in [0.1, 0.15) is 30.4 Å². The number of aliphatic carboxylic acids is 1. The number of alkyl carbamates (subject to hydrolysis) is 1. The largest absolute Gasteiger partial charge is 0.481 e. The van der Waals surface area contributed by atoms with Crippen molar-refractivity contribution in [2.24, 2.45) is 5.92 Å². The summed E-state index contributed by atoms with van der Waals surface area (Å²) in [5.74, 6) is -3.93. The fourth-order valence-corrected chi connectivity index (χ4v) is 4.40. The molecule has 7 nitrogen and oxygen atoms in total. The highest BCUT2D eigenvalue weighted by Gasteiger charge is 2.58. The number of alkyl halides is 3. The van der Waals surface area contributed by atoms with Crippen LogP contribution in [0.2, 0.25) is 0 Å². The predicted octanol–water partition coefficient (Wildman–Crippen LogP) is 3.99. The molecular formula is C25H23F3N2O5. The molecule has 10 heteroatoms. The van der Waals surface area contributed by atoms with E-state index in [1.165, 1.54) is 12.2 Å². The summed E-state index contributed by atoms with van der Waals surface area (Å²) in [5.41, 5.74) is 0.407. The van der Waals surface area contributed by atoms with Crippen LogP contribution >= 0.6 is 0 Å². The number of carboxylic acid groups (broad SMARTS) is 1. The molecule has 2 aliphatic rings. The van der Waals surface area contributed by atoms with Crippen LogP contribution in [0.3, 0.4) is 0 Å². The first-order chi connectivity index (χ1) is 16.5. The Labute approximate surface area is 199 Å². The maximum absolute atomic E-state index is 13.9. The lowest BCUT2D eigenvalue weighted by Gasteiger charge is -2.32. The van der Waals surface area contributed by atoms with Crippen molar-refractivity contribution in [3.8, 4) is 11.1 Å². The Balaban J connectivity index is 1.45. The molecule has 0 aliphatic heterocycles. The van der Waals surface area contributed by atoms with E-state index in [1.807, 2.05) is 48.5 Å². The third-order valence-electron chi connectivity index (χ3n) is 6.43. The van der Waals surface area contributed by atoms with Gasteiger partial charge in [-0.2, -0.15) is 13.2 Å². The number of hydrogen-bond donors (Lipinski definition) is 3. The molecule has 3 N–H and O–H groups in total. The highest BCUT2D eigenvalue weighted by Crippen LogP contribution is 2.44. The molecule has 2 amide bonds. The van der Waals surface area contributed by atoms with Crippen molar-refractivity contribution in [1.82, 2.24) is 10.6 Å². The Morgan fingerprint density at radius 3 is 2.09 bits per heavy atom. The number of halogens is 3. The van der Waals surface area contributed by atoms with E-state index in [4.69, 9.17) is 9.84 Å². The highest BCUT2D eigenvalue weighted by atomic mass is 19.4. The van der Waals surface area contributed by atoms with E-state index in [0.717, 1.165) is 22.3 Å². The van der Waals surface area contributed by atoms with Crippen LogP contribution in [0.25, 0.3) is 11.1 Å². The third kappa shape index (κ3) is 4.60. The smallest absolute Gasteiger partial charge is 0.420 e. The lowest BCUT2D eigenvalue weighted by molar-refractivity contribution is -0.194. The quantitative estimate of drug-likeness (QED) is 0.534. The summed E-state index contributed by atoms with van der Waals surface area (Å²) in [6.07, 6.45) is -4.00. The topological polar surface area (TPSA) is 105 Å². The lowest BCUT2D eigenvalue weighted by Crippen LogP contribution is -2.66. The molecule has 0 bridgehead atoms. The Hall–Kier alpha value is -3.82. The maximum atomic E-state index is 13.9. The zero-order chi connectivity index (χ0) is 25.4. The van der Waals surface area contributed by atoms with Gasteiger partial charge in [-0.15, -0.1) is 0 Å².